The number of ether oxygens (including phenoxy) is 2. The number of anilines is 2. The number of morpholine rings is 1. The fourth-order valence-electron chi connectivity index (χ4n) is 5.94. The van der Waals surface area contributed by atoms with Crippen molar-refractivity contribution in [1.29, 1.82) is 0 Å². The Morgan fingerprint density at radius 3 is 2.58 bits per heavy atom. The summed E-state index contributed by atoms with van der Waals surface area (Å²) >= 11 is 5.99. The molecule has 2 aliphatic heterocycles. The molecule has 0 radical (unpaired) electrons. The summed E-state index contributed by atoms with van der Waals surface area (Å²) in [6.45, 7) is 15.7. The number of carbonyl (C=O) groups is 1. The van der Waals surface area contributed by atoms with Gasteiger partial charge in [-0.25, -0.2) is 0 Å². The number of aromatic nitrogens is 2. The third-order valence-electron chi connectivity index (χ3n) is 8.38. The van der Waals surface area contributed by atoms with E-state index >= 15 is 0 Å². The number of aryl methyl sites for hydroxylation is 1. The van der Waals surface area contributed by atoms with E-state index in [1.165, 1.54) is 17.0 Å². The highest BCUT2D eigenvalue weighted by Crippen LogP contribution is 2.45. The molecule has 43 heavy (non-hydrogen) atoms. The van der Waals surface area contributed by atoms with E-state index < -0.39 is 5.41 Å². The fourth-order valence-corrected chi connectivity index (χ4v) is 6.29. The molecule has 1 amide bonds. The zero-order chi connectivity index (χ0) is 30.7. The number of carbonyl (C=O) groups excluding carboxylic acids is 1. The van der Waals surface area contributed by atoms with Crippen molar-refractivity contribution in [2.75, 3.05) is 50.2 Å². The Labute approximate surface area is 260 Å². The number of amides is 1. The predicted molar refractivity (Wildman–Crippen MR) is 175 cm³/mol. The third-order valence-corrected chi connectivity index (χ3v) is 8.70. The maximum absolute atomic E-state index is 12.7. The number of nitrogens with zero attached hydrogens (tertiary/aromatic N) is 4. The SMILES string of the molecule is COc1cc(N2C(=S)N[C@H](c3ccccn3)[C@@H]2c2cc(C)n(CCCN3CCOCC3)c2C)ccc1NC(=O)C(C)(C)C. The average molecular weight is 605 g/mol. The van der Waals surface area contributed by atoms with Crippen LogP contribution in [0.3, 0.4) is 0 Å². The van der Waals surface area contributed by atoms with Crippen LogP contribution in [0.5, 0.6) is 5.75 Å². The van der Waals surface area contributed by atoms with Gasteiger partial charge in [0.15, 0.2) is 5.11 Å². The lowest BCUT2D eigenvalue weighted by atomic mass is 9.95. The Hall–Kier alpha value is -3.47. The third kappa shape index (κ3) is 6.71. The number of methoxy groups -OCH3 is 1. The molecule has 5 rings (SSSR count). The molecular weight excluding hydrogens is 560 g/mol. The van der Waals surface area contributed by atoms with Crippen molar-refractivity contribution in [3.8, 4) is 5.75 Å². The number of thiocarbonyl (C=S) groups is 1. The van der Waals surface area contributed by atoms with Crippen LogP contribution >= 0.6 is 12.2 Å². The van der Waals surface area contributed by atoms with Crippen LogP contribution in [0.15, 0.2) is 48.7 Å². The summed E-state index contributed by atoms with van der Waals surface area (Å²) in [6, 6.07) is 13.8. The lowest BCUT2D eigenvalue weighted by molar-refractivity contribution is -0.123. The van der Waals surface area contributed by atoms with Crippen LogP contribution in [0, 0.1) is 19.3 Å². The van der Waals surface area contributed by atoms with Gasteiger partial charge in [0.2, 0.25) is 5.91 Å². The molecule has 0 unspecified atom stereocenters. The summed E-state index contributed by atoms with van der Waals surface area (Å²) in [6.07, 6.45) is 2.90. The molecule has 9 nitrogen and oxygen atoms in total. The molecule has 1 aromatic carbocycles. The minimum Gasteiger partial charge on any atom is -0.494 e. The first-order chi connectivity index (χ1) is 20.6. The van der Waals surface area contributed by atoms with E-state index in [1.807, 2.05) is 63.4 Å². The van der Waals surface area contributed by atoms with E-state index in [4.69, 9.17) is 26.7 Å². The largest absolute Gasteiger partial charge is 0.494 e. The molecule has 2 N–H and O–H groups in total. The van der Waals surface area contributed by atoms with Crippen molar-refractivity contribution in [2.45, 2.75) is 59.7 Å². The lowest BCUT2D eigenvalue weighted by Gasteiger charge is -2.29. The van der Waals surface area contributed by atoms with Gasteiger partial charge in [-0.05, 0) is 68.4 Å². The highest BCUT2D eigenvalue weighted by Gasteiger charge is 2.42. The Morgan fingerprint density at radius 1 is 1.14 bits per heavy atom. The summed E-state index contributed by atoms with van der Waals surface area (Å²) in [5, 5.41) is 7.20. The minimum atomic E-state index is -0.532. The fraction of sp³-hybridized carbons (Fsp3) is 0.485. The van der Waals surface area contributed by atoms with Crippen molar-refractivity contribution in [1.82, 2.24) is 19.8 Å². The second-order valence-corrected chi connectivity index (χ2v) is 12.8. The Balaban J connectivity index is 1.49. The maximum atomic E-state index is 12.7. The number of benzene rings is 1. The standard InChI is InChI=1S/C33H44N6O3S/c1-22-20-25(23(2)38(22)15-9-14-37-16-18-42-19-17-37)30-29(27-10-7-8-13-34-27)36-32(43)39(30)24-11-12-26(28(21-24)41-6)35-31(40)33(3,4)5/h7-8,10-13,20-21,29-30H,9,14-19H2,1-6H3,(H,35,40)(H,36,43)/t29-,30+/m1/s1. The summed E-state index contributed by atoms with van der Waals surface area (Å²) < 4.78 is 13.7. The number of hydrogen-bond acceptors (Lipinski definition) is 6. The minimum absolute atomic E-state index is 0.0777. The molecule has 2 fully saturated rings. The Bertz CT molecular complexity index is 1440. The Kier molecular flexibility index (Phi) is 9.39. The van der Waals surface area contributed by atoms with E-state index in [0.29, 0.717) is 16.5 Å². The molecule has 0 spiro atoms. The normalized spacial score (nSPS) is 19.4. The van der Waals surface area contributed by atoms with Crippen LogP contribution in [0.25, 0.3) is 0 Å². The number of hydrogen-bond donors (Lipinski definition) is 2. The first-order valence-electron chi connectivity index (χ1n) is 15.1. The smallest absolute Gasteiger partial charge is 0.229 e. The second-order valence-electron chi connectivity index (χ2n) is 12.4. The van der Waals surface area contributed by atoms with E-state index in [-0.39, 0.29) is 18.0 Å². The van der Waals surface area contributed by atoms with Gasteiger partial charge in [0.05, 0.1) is 43.8 Å². The topological polar surface area (TPSA) is 83.9 Å². The van der Waals surface area contributed by atoms with E-state index in [9.17, 15) is 4.79 Å². The van der Waals surface area contributed by atoms with Crippen molar-refractivity contribution in [3.63, 3.8) is 0 Å². The van der Waals surface area contributed by atoms with Crippen molar-refractivity contribution >= 4 is 34.6 Å². The molecule has 3 aromatic rings. The van der Waals surface area contributed by atoms with Gasteiger partial charge in [-0.3, -0.25) is 14.7 Å². The summed E-state index contributed by atoms with van der Waals surface area (Å²) in [7, 11) is 1.62. The zero-order valence-corrected chi connectivity index (χ0v) is 27.0. The molecule has 230 valence electrons. The van der Waals surface area contributed by atoms with Gasteiger partial charge in [-0.2, -0.15) is 0 Å². The molecule has 4 heterocycles. The van der Waals surface area contributed by atoms with Crippen LogP contribution in [0.1, 0.15) is 61.9 Å². The molecule has 2 aromatic heterocycles. The first kappa shape index (κ1) is 31.0. The average Bonchev–Trinajstić information content (AvgIpc) is 3.48. The van der Waals surface area contributed by atoms with Gasteiger partial charge in [0.25, 0.3) is 0 Å². The molecule has 2 atom stereocenters. The number of rotatable bonds is 9. The van der Waals surface area contributed by atoms with Gasteiger partial charge < -0.3 is 29.6 Å². The van der Waals surface area contributed by atoms with Crippen LogP contribution in [-0.2, 0) is 16.1 Å². The van der Waals surface area contributed by atoms with Gasteiger partial charge in [-0.1, -0.05) is 26.8 Å². The molecule has 0 saturated carbocycles. The van der Waals surface area contributed by atoms with Gasteiger partial charge >= 0.3 is 0 Å². The zero-order valence-electron chi connectivity index (χ0n) is 26.1. The Morgan fingerprint density at radius 2 is 1.91 bits per heavy atom. The van der Waals surface area contributed by atoms with Crippen molar-refractivity contribution < 1.29 is 14.3 Å². The highest BCUT2D eigenvalue weighted by molar-refractivity contribution is 7.80. The van der Waals surface area contributed by atoms with Crippen LogP contribution in [0.2, 0.25) is 0 Å². The predicted octanol–water partition coefficient (Wildman–Crippen LogP) is 5.39. The van der Waals surface area contributed by atoms with E-state index in [1.54, 1.807) is 7.11 Å². The van der Waals surface area contributed by atoms with Gasteiger partial charge in [0, 0.05) is 60.9 Å². The summed E-state index contributed by atoms with van der Waals surface area (Å²) in [4.78, 5) is 22.1. The van der Waals surface area contributed by atoms with Crippen molar-refractivity contribution in [3.05, 3.63) is 71.3 Å². The first-order valence-corrected chi connectivity index (χ1v) is 15.5. The van der Waals surface area contributed by atoms with Crippen LogP contribution in [-0.4, -0.2) is 65.4 Å². The molecule has 2 saturated heterocycles. The second kappa shape index (κ2) is 13.0. The van der Waals surface area contributed by atoms with Crippen molar-refractivity contribution in [2.24, 2.45) is 5.41 Å². The monoisotopic (exact) mass is 604 g/mol. The highest BCUT2D eigenvalue weighted by atomic mass is 32.1. The molecule has 0 bridgehead atoms. The number of nitrogens with one attached hydrogen (secondary N) is 2. The van der Waals surface area contributed by atoms with Gasteiger partial charge in [-0.15, -0.1) is 0 Å². The van der Waals surface area contributed by atoms with Crippen LogP contribution in [0.4, 0.5) is 11.4 Å². The quantitative estimate of drug-likeness (QED) is 0.315. The summed E-state index contributed by atoms with van der Waals surface area (Å²) in [5.41, 5.74) is 5.55. The van der Waals surface area contributed by atoms with Gasteiger partial charge in [0.1, 0.15) is 5.75 Å². The maximum Gasteiger partial charge on any atom is 0.229 e. The van der Waals surface area contributed by atoms with E-state index in [2.05, 4.69) is 44.9 Å². The van der Waals surface area contributed by atoms with E-state index in [0.717, 1.165) is 57.2 Å². The lowest BCUT2D eigenvalue weighted by Crippen LogP contribution is -2.37. The summed E-state index contributed by atoms with van der Waals surface area (Å²) in [5.74, 6) is 0.498. The molecule has 0 aliphatic carbocycles. The number of pyridine rings is 1. The van der Waals surface area contributed by atoms with Crippen LogP contribution < -0.4 is 20.3 Å². The molecule has 10 heteroatoms. The molecule has 2 aliphatic rings. The molecular formula is C33H44N6O3S.